The smallest absolute Gasteiger partial charge is 0.372 e. The van der Waals surface area contributed by atoms with Crippen molar-refractivity contribution in [2.24, 2.45) is 9.98 Å². The summed E-state index contributed by atoms with van der Waals surface area (Å²) in [5, 5.41) is 8.43. The lowest BCUT2D eigenvalue weighted by Crippen LogP contribution is -2.15. The first-order valence-electron chi connectivity index (χ1n) is 4.91. The molecular formula is C11H10N2O3. The molecule has 0 bridgehead atoms. The Bertz CT molecular complexity index is 470. The molecule has 0 spiro atoms. The highest BCUT2D eigenvalue weighted by Crippen LogP contribution is 2.23. The molecule has 2 rings (SSSR count). The van der Waals surface area contributed by atoms with Gasteiger partial charge in [0.2, 0.25) is 5.78 Å². The van der Waals surface area contributed by atoms with Crippen LogP contribution in [-0.2, 0) is 9.59 Å². The van der Waals surface area contributed by atoms with Crippen LogP contribution in [0.2, 0.25) is 0 Å². The molecule has 0 aromatic rings. The van der Waals surface area contributed by atoms with E-state index >= 15 is 0 Å². The Kier molecular flexibility index (Phi) is 2.76. The molecule has 0 aromatic carbocycles. The molecule has 82 valence electrons. The quantitative estimate of drug-likeness (QED) is 0.718. The Morgan fingerprint density at radius 2 is 2.19 bits per heavy atom. The Hall–Kier alpha value is -2.04. The fourth-order valence-corrected chi connectivity index (χ4v) is 1.57. The molecule has 0 amide bonds. The van der Waals surface area contributed by atoms with E-state index in [0.717, 1.165) is 16.9 Å². The first kappa shape index (κ1) is 10.5. The van der Waals surface area contributed by atoms with E-state index in [9.17, 15) is 9.59 Å². The molecule has 2 aliphatic rings. The number of hydrogen-bond acceptors (Lipinski definition) is 4. The van der Waals surface area contributed by atoms with E-state index in [4.69, 9.17) is 5.11 Å². The number of carboxylic acids is 1. The second-order valence-electron chi connectivity index (χ2n) is 3.62. The highest BCUT2D eigenvalue weighted by Gasteiger charge is 2.17. The van der Waals surface area contributed by atoms with Crippen LogP contribution in [0, 0.1) is 0 Å². The van der Waals surface area contributed by atoms with E-state index in [0.29, 0.717) is 12.8 Å². The third-order valence-electron chi connectivity index (χ3n) is 2.47. The lowest BCUT2D eigenvalue weighted by Gasteiger charge is -2.10. The molecule has 0 saturated carbocycles. The van der Waals surface area contributed by atoms with Crippen LogP contribution in [-0.4, -0.2) is 28.8 Å². The van der Waals surface area contributed by atoms with Gasteiger partial charge in [0.05, 0.1) is 0 Å². The molecular weight excluding hydrogens is 208 g/mol. The lowest BCUT2D eigenvalue weighted by molar-refractivity contribution is -0.149. The van der Waals surface area contributed by atoms with Gasteiger partial charge in [-0.05, 0) is 12.0 Å². The van der Waals surface area contributed by atoms with Crippen molar-refractivity contribution in [3.05, 3.63) is 23.5 Å². The highest BCUT2D eigenvalue weighted by atomic mass is 16.4. The number of fused-ring (bicyclic) bond motifs is 1. The number of ketones is 1. The van der Waals surface area contributed by atoms with Gasteiger partial charge < -0.3 is 5.11 Å². The van der Waals surface area contributed by atoms with Crippen LogP contribution in [0.1, 0.15) is 19.3 Å². The summed E-state index contributed by atoms with van der Waals surface area (Å²) in [5.41, 5.74) is 2.90. The van der Waals surface area contributed by atoms with Crippen molar-refractivity contribution in [1.82, 2.24) is 0 Å². The van der Waals surface area contributed by atoms with Gasteiger partial charge in [-0.2, -0.15) is 0 Å². The van der Waals surface area contributed by atoms with Crippen molar-refractivity contribution in [3.8, 4) is 0 Å². The fourth-order valence-electron chi connectivity index (χ4n) is 1.57. The molecule has 0 aliphatic carbocycles. The number of Topliss-reactive ketones (excluding diaryl/α,β-unsaturated/α-hetero) is 1. The maximum absolute atomic E-state index is 10.9. The minimum atomic E-state index is -1.38. The van der Waals surface area contributed by atoms with Crippen LogP contribution in [0.15, 0.2) is 33.5 Å². The second-order valence-corrected chi connectivity index (χ2v) is 3.62. The summed E-state index contributed by atoms with van der Waals surface area (Å²) in [6, 6.07) is 0. The normalized spacial score (nSPS) is 17.4. The lowest BCUT2D eigenvalue weighted by atomic mass is 9.98. The predicted molar refractivity (Wildman–Crippen MR) is 58.6 cm³/mol. The molecule has 0 fully saturated rings. The fraction of sp³-hybridized carbons (Fsp3) is 0.273. The third kappa shape index (κ3) is 2.13. The van der Waals surface area contributed by atoms with Crippen molar-refractivity contribution in [2.75, 3.05) is 0 Å². The van der Waals surface area contributed by atoms with Crippen molar-refractivity contribution in [3.63, 3.8) is 0 Å². The highest BCUT2D eigenvalue weighted by molar-refractivity contribution is 6.33. The van der Waals surface area contributed by atoms with Crippen molar-refractivity contribution in [2.45, 2.75) is 19.3 Å². The maximum Gasteiger partial charge on any atom is 0.372 e. The number of carboxylic acid groups (broad SMARTS) is 1. The molecule has 0 unspecified atom stereocenters. The molecule has 0 radical (unpaired) electrons. The molecule has 5 nitrogen and oxygen atoms in total. The molecule has 0 aromatic heterocycles. The summed E-state index contributed by atoms with van der Waals surface area (Å²) in [6.45, 7) is 0. The minimum absolute atomic E-state index is 0.00543. The summed E-state index contributed by atoms with van der Waals surface area (Å²) < 4.78 is 0. The van der Waals surface area contributed by atoms with Crippen LogP contribution in [0.25, 0.3) is 0 Å². The molecule has 1 N–H and O–H groups in total. The van der Waals surface area contributed by atoms with E-state index in [1.165, 1.54) is 0 Å². The summed E-state index contributed by atoms with van der Waals surface area (Å²) in [4.78, 5) is 29.4. The van der Waals surface area contributed by atoms with Crippen LogP contribution in [0.5, 0.6) is 0 Å². The van der Waals surface area contributed by atoms with Gasteiger partial charge >= 0.3 is 5.97 Å². The summed E-state index contributed by atoms with van der Waals surface area (Å²) >= 11 is 0. The standard InChI is InChI=1S/C11H10N2O3/c14-10(11(15)16)2-1-9-3-7-4-12-5-8(7)6-13-9/h4-6H,1-3H2,(H,15,16). The van der Waals surface area contributed by atoms with Crippen molar-refractivity contribution < 1.29 is 14.7 Å². The summed E-state index contributed by atoms with van der Waals surface area (Å²) in [6.07, 6.45) is 6.25. The van der Waals surface area contributed by atoms with Gasteiger partial charge in [-0.1, -0.05) is 0 Å². The zero-order valence-corrected chi connectivity index (χ0v) is 8.51. The van der Waals surface area contributed by atoms with Gasteiger partial charge in [-0.15, -0.1) is 0 Å². The second kappa shape index (κ2) is 4.22. The summed E-state index contributed by atoms with van der Waals surface area (Å²) in [5.74, 6) is -2.15. The number of aliphatic imine (C=N–C) groups is 2. The average molecular weight is 218 g/mol. The molecule has 5 heteroatoms. The van der Waals surface area contributed by atoms with E-state index in [2.05, 4.69) is 9.98 Å². The zero-order chi connectivity index (χ0) is 11.5. The van der Waals surface area contributed by atoms with E-state index in [1.807, 2.05) is 0 Å². The van der Waals surface area contributed by atoms with Gasteiger partial charge in [0.25, 0.3) is 0 Å². The Morgan fingerprint density at radius 3 is 2.94 bits per heavy atom. The number of rotatable bonds is 4. The van der Waals surface area contributed by atoms with Crippen LogP contribution < -0.4 is 0 Å². The average Bonchev–Trinajstić information content (AvgIpc) is 2.72. The first-order chi connectivity index (χ1) is 7.66. The molecule has 0 atom stereocenters. The molecule has 2 aliphatic heterocycles. The zero-order valence-electron chi connectivity index (χ0n) is 8.51. The largest absolute Gasteiger partial charge is 0.476 e. The molecule has 2 heterocycles. The maximum atomic E-state index is 10.9. The van der Waals surface area contributed by atoms with Crippen molar-refractivity contribution in [1.29, 1.82) is 0 Å². The minimum Gasteiger partial charge on any atom is -0.476 e. The van der Waals surface area contributed by atoms with Gasteiger partial charge in [-0.3, -0.25) is 14.8 Å². The first-order valence-corrected chi connectivity index (χ1v) is 4.91. The Labute approximate surface area is 91.9 Å². The SMILES string of the molecule is O=C(O)C(=O)CCC1=NC=C2C=NC=C2C1. The predicted octanol–water partition coefficient (Wildman–Crippen LogP) is 1.12. The Balaban J connectivity index is 1.94. The van der Waals surface area contributed by atoms with Crippen LogP contribution in [0.3, 0.4) is 0 Å². The third-order valence-corrected chi connectivity index (χ3v) is 2.47. The number of aliphatic carboxylic acids is 1. The number of allylic oxidation sites excluding steroid dienone is 2. The van der Waals surface area contributed by atoms with Crippen molar-refractivity contribution >= 4 is 23.7 Å². The monoisotopic (exact) mass is 218 g/mol. The van der Waals surface area contributed by atoms with Crippen LogP contribution in [0.4, 0.5) is 0 Å². The van der Waals surface area contributed by atoms with Gasteiger partial charge in [0.1, 0.15) is 0 Å². The Morgan fingerprint density at radius 1 is 1.38 bits per heavy atom. The van der Waals surface area contributed by atoms with E-state index in [-0.39, 0.29) is 6.42 Å². The van der Waals surface area contributed by atoms with Gasteiger partial charge in [0, 0.05) is 42.7 Å². The summed E-state index contributed by atoms with van der Waals surface area (Å²) in [7, 11) is 0. The topological polar surface area (TPSA) is 79.1 Å². The van der Waals surface area contributed by atoms with E-state index < -0.39 is 11.8 Å². The number of carbonyl (C=O) groups excluding carboxylic acids is 1. The van der Waals surface area contributed by atoms with Gasteiger partial charge in [-0.25, -0.2) is 4.79 Å². The molecule has 16 heavy (non-hydrogen) atoms. The van der Waals surface area contributed by atoms with Crippen LogP contribution >= 0.6 is 0 Å². The van der Waals surface area contributed by atoms with Gasteiger partial charge in [0.15, 0.2) is 0 Å². The number of nitrogens with zero attached hydrogens (tertiary/aromatic N) is 2. The number of carbonyl (C=O) groups is 2. The number of hydrogen-bond donors (Lipinski definition) is 1. The van der Waals surface area contributed by atoms with E-state index in [1.54, 1.807) is 18.6 Å². The molecule has 0 saturated heterocycles.